The lowest BCUT2D eigenvalue weighted by Crippen LogP contribution is -2.20. The predicted molar refractivity (Wildman–Crippen MR) is 97.2 cm³/mol. The summed E-state index contributed by atoms with van der Waals surface area (Å²) in [6, 6.07) is 6.83. The van der Waals surface area contributed by atoms with Gasteiger partial charge in [-0.2, -0.15) is 36.3 Å². The predicted octanol–water partition coefficient (Wildman–Crippen LogP) is 3.30. The second-order valence-electron chi connectivity index (χ2n) is 5.88. The van der Waals surface area contributed by atoms with E-state index in [0.717, 1.165) is 18.2 Å². The number of rotatable bonds is 5. The van der Waals surface area contributed by atoms with E-state index in [9.17, 15) is 26.3 Å². The molecule has 166 valence electrons. The first-order valence-corrected chi connectivity index (χ1v) is 8.44. The van der Waals surface area contributed by atoms with E-state index in [0.29, 0.717) is 5.56 Å². The van der Waals surface area contributed by atoms with Crippen LogP contribution in [0.3, 0.4) is 0 Å². The summed E-state index contributed by atoms with van der Waals surface area (Å²) in [5.74, 6) is 7.79. The lowest BCUT2D eigenvalue weighted by atomic mass is 10.1. The lowest BCUT2D eigenvalue weighted by molar-refractivity contribution is -0.154. The fourth-order valence-electron chi connectivity index (χ4n) is 2.34. The number of nitrogens with two attached hydrogens (primary N) is 2. The summed E-state index contributed by atoms with van der Waals surface area (Å²) in [5, 5.41) is 0. The summed E-state index contributed by atoms with van der Waals surface area (Å²) in [5.41, 5.74) is -0.330. The molecule has 4 N–H and O–H groups in total. The van der Waals surface area contributed by atoms with Crippen molar-refractivity contribution >= 4 is 0 Å². The molecule has 0 saturated heterocycles. The van der Waals surface area contributed by atoms with E-state index < -0.39 is 30.5 Å². The average molecular weight is 446 g/mol. The van der Waals surface area contributed by atoms with Crippen LogP contribution in [0.2, 0.25) is 0 Å². The molecule has 0 aliphatic heterocycles. The normalized spacial score (nSPS) is 11.5. The van der Waals surface area contributed by atoms with Crippen LogP contribution in [0.1, 0.15) is 17.0 Å². The molecule has 31 heavy (non-hydrogen) atoms. The molecule has 0 aliphatic rings. The van der Waals surface area contributed by atoms with Crippen LogP contribution in [0.25, 0.3) is 11.4 Å². The maximum Gasteiger partial charge on any atom is 0.422 e. The Kier molecular flexibility index (Phi) is 7.83. The summed E-state index contributed by atoms with van der Waals surface area (Å²) >= 11 is 0. The second kappa shape index (κ2) is 10.1. The van der Waals surface area contributed by atoms with Crippen molar-refractivity contribution in [2.24, 2.45) is 11.7 Å². The minimum atomic E-state index is -4.63. The number of nitrogens with zero attached hydrogens (tertiary/aromatic N) is 4. The number of ether oxygens (including phenoxy) is 1. The van der Waals surface area contributed by atoms with Crippen molar-refractivity contribution in [3.63, 3.8) is 0 Å². The zero-order valence-corrected chi connectivity index (χ0v) is 15.7. The first kappa shape index (κ1) is 24.0. The largest absolute Gasteiger partial charge is 0.454 e. The zero-order valence-electron chi connectivity index (χ0n) is 15.7. The van der Waals surface area contributed by atoms with Gasteiger partial charge in [0, 0.05) is 24.4 Å². The Morgan fingerprint density at radius 3 is 2.26 bits per heavy atom. The van der Waals surface area contributed by atoms with Crippen molar-refractivity contribution in [1.29, 1.82) is 0 Å². The molecule has 3 rings (SSSR count). The highest BCUT2D eigenvalue weighted by atomic mass is 19.4. The van der Waals surface area contributed by atoms with Gasteiger partial charge in [0.1, 0.15) is 5.82 Å². The van der Waals surface area contributed by atoms with Crippen LogP contribution in [0.15, 0.2) is 48.8 Å². The summed E-state index contributed by atoms with van der Waals surface area (Å²) in [6.45, 7) is -1.65. The van der Waals surface area contributed by atoms with Crippen molar-refractivity contribution in [1.82, 2.24) is 19.9 Å². The molecule has 0 spiro atoms. The highest BCUT2D eigenvalue weighted by Crippen LogP contribution is 2.31. The Balaban J connectivity index is 0.00000166. The first-order chi connectivity index (χ1) is 14.6. The van der Waals surface area contributed by atoms with Gasteiger partial charge in [-0.3, -0.25) is 16.7 Å². The maximum absolute atomic E-state index is 13.0. The molecule has 0 radical (unpaired) electrons. The quantitative estimate of drug-likeness (QED) is 0.351. The van der Waals surface area contributed by atoms with Crippen molar-refractivity contribution in [2.75, 3.05) is 6.61 Å². The molecule has 1 aromatic carbocycles. The monoisotopic (exact) mass is 446 g/mol. The maximum atomic E-state index is 13.0. The molecule has 2 heterocycles. The molecular formula is C18H16F6N6O. The van der Waals surface area contributed by atoms with E-state index >= 15 is 0 Å². The highest BCUT2D eigenvalue weighted by molar-refractivity contribution is 5.56. The van der Waals surface area contributed by atoms with Crippen LogP contribution in [0, 0.1) is 0 Å². The summed E-state index contributed by atoms with van der Waals surface area (Å²) < 4.78 is 80.9. The van der Waals surface area contributed by atoms with E-state index in [1.165, 1.54) is 18.5 Å². The molecule has 0 bridgehead atoms. The van der Waals surface area contributed by atoms with Gasteiger partial charge in [-0.05, 0) is 23.8 Å². The third-order valence-electron chi connectivity index (χ3n) is 3.56. The van der Waals surface area contributed by atoms with E-state index in [1.54, 1.807) is 12.1 Å². The number of aromatic nitrogens is 4. The number of benzene rings is 1. The van der Waals surface area contributed by atoms with Gasteiger partial charge in [0.15, 0.2) is 12.4 Å². The number of hydrogen-bond donors (Lipinski definition) is 2. The van der Waals surface area contributed by atoms with Crippen LogP contribution >= 0.6 is 0 Å². The molecular weight excluding hydrogens is 430 g/mol. The Bertz CT molecular complexity index is 981. The van der Waals surface area contributed by atoms with Gasteiger partial charge in [-0.1, -0.05) is 18.2 Å². The number of hydrazine groups is 1. The molecule has 0 amide bonds. The fourth-order valence-corrected chi connectivity index (χ4v) is 2.34. The van der Waals surface area contributed by atoms with Crippen LogP contribution in [-0.2, 0) is 12.6 Å². The van der Waals surface area contributed by atoms with Gasteiger partial charge >= 0.3 is 18.4 Å². The zero-order chi connectivity index (χ0) is 23.1. The van der Waals surface area contributed by atoms with Crippen molar-refractivity contribution in [2.45, 2.75) is 18.8 Å². The summed E-state index contributed by atoms with van der Waals surface area (Å²) in [4.78, 5) is 15.6. The van der Waals surface area contributed by atoms with Crippen molar-refractivity contribution < 1.29 is 31.1 Å². The molecule has 0 fully saturated rings. The van der Waals surface area contributed by atoms with Gasteiger partial charge in [0.25, 0.3) is 0 Å². The second-order valence-corrected chi connectivity index (χ2v) is 5.88. The Morgan fingerprint density at radius 2 is 1.65 bits per heavy atom. The fraction of sp³-hybridized carbons (Fsp3) is 0.222. The Morgan fingerprint density at radius 1 is 0.903 bits per heavy atom. The number of pyridine rings is 1. The van der Waals surface area contributed by atoms with Crippen LogP contribution in [0.4, 0.5) is 26.3 Å². The number of hydrogen-bond acceptors (Lipinski definition) is 7. The standard InChI is InChI=1S/C18H12F6N4O.H4N2/c19-17(20,21)10-29-16-27-14(7-11-3-2-6-25-9-11)26-15(28-16)12-4-1-5-13(8-12)18(22,23)24;1-2/h1-6,8-9H,7,10H2;1-2H2. The SMILES string of the molecule is FC(F)(F)COc1nc(Cc2cccnc2)nc(-c2cccc(C(F)(F)F)c2)n1.NN. The van der Waals surface area contributed by atoms with E-state index in [1.807, 2.05) is 0 Å². The van der Waals surface area contributed by atoms with Crippen molar-refractivity contribution in [3.8, 4) is 17.4 Å². The molecule has 0 unspecified atom stereocenters. The van der Waals surface area contributed by atoms with Gasteiger partial charge in [-0.25, -0.2) is 4.98 Å². The Labute approximate surface area is 172 Å². The Hall–Kier alpha value is -3.32. The van der Waals surface area contributed by atoms with E-state index in [2.05, 4.69) is 36.4 Å². The van der Waals surface area contributed by atoms with Gasteiger partial charge < -0.3 is 4.74 Å². The molecule has 13 heteroatoms. The average Bonchev–Trinajstić information content (AvgIpc) is 2.73. The van der Waals surface area contributed by atoms with Crippen LogP contribution in [-0.4, -0.2) is 32.7 Å². The molecule has 0 atom stereocenters. The molecule has 2 aromatic heterocycles. The van der Waals surface area contributed by atoms with Gasteiger partial charge in [0.05, 0.1) is 5.56 Å². The molecule has 0 aliphatic carbocycles. The minimum Gasteiger partial charge on any atom is -0.454 e. The summed E-state index contributed by atoms with van der Waals surface area (Å²) in [7, 11) is 0. The topological polar surface area (TPSA) is 113 Å². The highest BCUT2D eigenvalue weighted by Gasteiger charge is 2.31. The lowest BCUT2D eigenvalue weighted by Gasteiger charge is -2.11. The van der Waals surface area contributed by atoms with Crippen molar-refractivity contribution in [3.05, 3.63) is 65.7 Å². The molecule has 3 aromatic rings. The van der Waals surface area contributed by atoms with Gasteiger partial charge in [0.2, 0.25) is 0 Å². The van der Waals surface area contributed by atoms with Crippen LogP contribution in [0.5, 0.6) is 6.01 Å². The number of alkyl halides is 6. The van der Waals surface area contributed by atoms with Crippen LogP contribution < -0.4 is 16.4 Å². The third-order valence-corrected chi connectivity index (χ3v) is 3.56. The minimum absolute atomic E-state index is 0.0255. The van der Waals surface area contributed by atoms with E-state index in [-0.39, 0.29) is 23.6 Å². The van der Waals surface area contributed by atoms with E-state index in [4.69, 9.17) is 0 Å². The van der Waals surface area contributed by atoms with Gasteiger partial charge in [-0.15, -0.1) is 0 Å². The first-order valence-electron chi connectivity index (χ1n) is 8.44. The molecule has 0 saturated carbocycles. The smallest absolute Gasteiger partial charge is 0.422 e. The number of halogens is 6. The summed E-state index contributed by atoms with van der Waals surface area (Å²) in [6.07, 6.45) is -6.12. The third kappa shape index (κ3) is 7.46. The molecule has 7 nitrogen and oxygen atoms in total.